The summed E-state index contributed by atoms with van der Waals surface area (Å²) in [6.07, 6.45) is 2.54. The zero-order valence-electron chi connectivity index (χ0n) is 13.7. The predicted molar refractivity (Wildman–Crippen MR) is 92.5 cm³/mol. The largest absolute Gasteiger partial charge is 0.465 e. The number of unbranched alkanes of at least 4 members (excludes halogenated alkanes) is 1. The lowest BCUT2D eigenvalue weighted by Gasteiger charge is -2.18. The zero-order valence-corrected chi connectivity index (χ0v) is 15.3. The van der Waals surface area contributed by atoms with Crippen LogP contribution in [-0.4, -0.2) is 34.1 Å². The van der Waals surface area contributed by atoms with E-state index in [0.29, 0.717) is 12.0 Å². The minimum Gasteiger partial charge on any atom is -0.465 e. The highest BCUT2D eigenvalue weighted by Gasteiger charge is 2.23. The van der Waals surface area contributed by atoms with Crippen molar-refractivity contribution in [3.05, 3.63) is 29.3 Å². The second-order valence-corrected chi connectivity index (χ2v) is 6.80. The maximum absolute atomic E-state index is 12.5. The van der Waals surface area contributed by atoms with Crippen LogP contribution in [0, 0.1) is 6.92 Å². The number of esters is 1. The molecule has 0 saturated carbocycles. The summed E-state index contributed by atoms with van der Waals surface area (Å²) in [5.41, 5.74) is 6.24. The third-order valence-electron chi connectivity index (χ3n) is 3.49. The highest BCUT2D eigenvalue weighted by molar-refractivity contribution is 7.89. The molecule has 0 aliphatic carbocycles. The maximum atomic E-state index is 12.5. The fourth-order valence-electron chi connectivity index (χ4n) is 2.19. The summed E-state index contributed by atoms with van der Waals surface area (Å²) in [7, 11) is -2.47. The molecule has 0 aromatic heterocycles. The molecule has 0 aliphatic rings. The van der Waals surface area contributed by atoms with Crippen molar-refractivity contribution in [1.29, 1.82) is 0 Å². The van der Waals surface area contributed by atoms with E-state index in [1.807, 2.05) is 6.92 Å². The van der Waals surface area contributed by atoms with Gasteiger partial charge in [-0.25, -0.2) is 17.9 Å². The van der Waals surface area contributed by atoms with Gasteiger partial charge in [-0.15, -0.1) is 12.4 Å². The van der Waals surface area contributed by atoms with E-state index < -0.39 is 16.0 Å². The summed E-state index contributed by atoms with van der Waals surface area (Å²) in [5.74, 6) is -0.559. The van der Waals surface area contributed by atoms with Gasteiger partial charge in [0.25, 0.3) is 0 Å². The first-order valence-electron chi connectivity index (χ1n) is 7.27. The van der Waals surface area contributed by atoms with Crippen LogP contribution in [0.5, 0.6) is 0 Å². The van der Waals surface area contributed by atoms with Crippen molar-refractivity contribution in [1.82, 2.24) is 4.72 Å². The molecule has 0 heterocycles. The fraction of sp³-hybridized carbons (Fsp3) is 0.533. The van der Waals surface area contributed by atoms with Gasteiger partial charge in [-0.05, 0) is 31.0 Å². The van der Waals surface area contributed by atoms with Crippen molar-refractivity contribution in [2.24, 2.45) is 5.73 Å². The van der Waals surface area contributed by atoms with Crippen LogP contribution in [0.25, 0.3) is 0 Å². The van der Waals surface area contributed by atoms with E-state index in [4.69, 9.17) is 5.73 Å². The summed E-state index contributed by atoms with van der Waals surface area (Å²) in [4.78, 5) is 11.8. The fourth-order valence-corrected chi connectivity index (χ4v) is 3.75. The number of carbonyl (C=O) groups excluding carboxylic acids is 1. The molecule has 0 spiro atoms. The number of rotatable bonds is 8. The van der Waals surface area contributed by atoms with Crippen molar-refractivity contribution in [2.45, 2.75) is 44.0 Å². The molecule has 0 saturated heterocycles. The van der Waals surface area contributed by atoms with E-state index in [-0.39, 0.29) is 35.5 Å². The lowest BCUT2D eigenvalue weighted by Crippen LogP contribution is -2.40. The van der Waals surface area contributed by atoms with E-state index in [1.165, 1.54) is 25.3 Å². The molecule has 1 rings (SSSR count). The molecule has 0 radical (unpaired) electrons. The average Bonchev–Trinajstić information content (AvgIpc) is 2.50. The molecular formula is C15H25ClN2O4S. The molecule has 23 heavy (non-hydrogen) atoms. The quantitative estimate of drug-likeness (QED) is 0.687. The van der Waals surface area contributed by atoms with Gasteiger partial charge in [0.15, 0.2) is 0 Å². The summed E-state index contributed by atoms with van der Waals surface area (Å²) in [5, 5.41) is 0. The predicted octanol–water partition coefficient (Wildman–Crippen LogP) is 2.00. The van der Waals surface area contributed by atoms with E-state index in [2.05, 4.69) is 9.46 Å². The van der Waals surface area contributed by atoms with Crippen LogP contribution in [0.3, 0.4) is 0 Å². The van der Waals surface area contributed by atoms with Crippen LogP contribution >= 0.6 is 12.4 Å². The Kier molecular flexibility index (Phi) is 9.38. The van der Waals surface area contributed by atoms with Crippen molar-refractivity contribution in [3.63, 3.8) is 0 Å². The first-order valence-corrected chi connectivity index (χ1v) is 8.76. The first kappa shape index (κ1) is 21.9. The SMILES string of the molecule is CCCCC(CN)NS(=O)(=O)c1cccc(C(=O)OC)c1C.Cl. The van der Waals surface area contributed by atoms with E-state index in [9.17, 15) is 13.2 Å². The third kappa shape index (κ3) is 5.76. The number of benzene rings is 1. The van der Waals surface area contributed by atoms with Crippen molar-refractivity contribution in [2.75, 3.05) is 13.7 Å². The van der Waals surface area contributed by atoms with Crippen molar-refractivity contribution < 1.29 is 17.9 Å². The number of halogens is 1. The van der Waals surface area contributed by atoms with Gasteiger partial charge in [0.2, 0.25) is 10.0 Å². The van der Waals surface area contributed by atoms with Gasteiger partial charge in [0.05, 0.1) is 17.6 Å². The molecule has 3 N–H and O–H groups in total. The Labute approximate surface area is 144 Å². The Balaban J connectivity index is 0.00000484. The normalized spacial score (nSPS) is 12.3. The molecule has 0 bridgehead atoms. The molecule has 0 aliphatic heterocycles. The molecule has 8 heteroatoms. The monoisotopic (exact) mass is 364 g/mol. The molecule has 132 valence electrons. The number of carbonyl (C=O) groups is 1. The highest BCUT2D eigenvalue weighted by atomic mass is 35.5. The van der Waals surface area contributed by atoms with Crippen LogP contribution < -0.4 is 10.5 Å². The number of hydrogen-bond acceptors (Lipinski definition) is 5. The Hall–Kier alpha value is -1.15. The second-order valence-electron chi connectivity index (χ2n) is 5.12. The van der Waals surface area contributed by atoms with Gasteiger partial charge < -0.3 is 10.5 Å². The van der Waals surface area contributed by atoms with Crippen molar-refractivity contribution in [3.8, 4) is 0 Å². The van der Waals surface area contributed by atoms with Crippen LogP contribution in [0.2, 0.25) is 0 Å². The Bertz CT molecular complexity index is 620. The van der Waals surface area contributed by atoms with E-state index >= 15 is 0 Å². The van der Waals surface area contributed by atoms with Gasteiger partial charge >= 0.3 is 5.97 Å². The lowest BCUT2D eigenvalue weighted by molar-refractivity contribution is 0.0599. The molecule has 1 aromatic carbocycles. The van der Waals surface area contributed by atoms with Crippen LogP contribution in [-0.2, 0) is 14.8 Å². The molecule has 0 fully saturated rings. The topological polar surface area (TPSA) is 98.5 Å². The second kappa shape index (κ2) is 9.87. The van der Waals surface area contributed by atoms with Gasteiger partial charge in [-0.2, -0.15) is 0 Å². The van der Waals surface area contributed by atoms with Crippen LogP contribution in [0.15, 0.2) is 23.1 Å². The van der Waals surface area contributed by atoms with E-state index in [0.717, 1.165) is 12.8 Å². The summed E-state index contributed by atoms with van der Waals surface area (Å²) < 4.78 is 32.3. The number of hydrogen-bond donors (Lipinski definition) is 2. The number of sulfonamides is 1. The van der Waals surface area contributed by atoms with Gasteiger partial charge in [-0.3, -0.25) is 0 Å². The Morgan fingerprint density at radius 3 is 2.57 bits per heavy atom. The highest BCUT2D eigenvalue weighted by Crippen LogP contribution is 2.20. The Morgan fingerprint density at radius 1 is 1.39 bits per heavy atom. The smallest absolute Gasteiger partial charge is 0.338 e. The summed E-state index contributed by atoms with van der Waals surface area (Å²) in [6.45, 7) is 3.85. The standard InChI is InChI=1S/C15H24N2O4S.ClH/c1-4-5-7-12(10-16)17-22(19,20)14-9-6-8-13(11(14)2)15(18)21-3;/h6,8-9,12,17H,4-5,7,10,16H2,1-3H3;1H. The molecule has 6 nitrogen and oxygen atoms in total. The molecule has 1 unspecified atom stereocenters. The number of methoxy groups -OCH3 is 1. The number of ether oxygens (including phenoxy) is 1. The number of nitrogens with one attached hydrogen (secondary N) is 1. The van der Waals surface area contributed by atoms with Gasteiger partial charge in [-0.1, -0.05) is 25.8 Å². The Morgan fingerprint density at radius 2 is 2.04 bits per heavy atom. The van der Waals surface area contributed by atoms with E-state index in [1.54, 1.807) is 6.92 Å². The van der Waals surface area contributed by atoms with Crippen molar-refractivity contribution >= 4 is 28.4 Å². The maximum Gasteiger partial charge on any atom is 0.338 e. The van der Waals surface area contributed by atoms with Gasteiger partial charge in [0.1, 0.15) is 0 Å². The first-order chi connectivity index (χ1) is 10.4. The van der Waals surface area contributed by atoms with Crippen LogP contribution in [0.4, 0.5) is 0 Å². The molecule has 1 atom stereocenters. The minimum absolute atomic E-state index is 0. The third-order valence-corrected chi connectivity index (χ3v) is 5.16. The molecular weight excluding hydrogens is 340 g/mol. The minimum atomic E-state index is -3.73. The lowest BCUT2D eigenvalue weighted by atomic mass is 10.1. The average molecular weight is 365 g/mol. The number of nitrogens with two attached hydrogens (primary N) is 1. The zero-order chi connectivity index (χ0) is 16.8. The molecule has 1 aromatic rings. The van der Waals surface area contributed by atoms with Gasteiger partial charge in [0, 0.05) is 12.6 Å². The van der Waals surface area contributed by atoms with Crippen LogP contribution in [0.1, 0.15) is 42.1 Å². The summed E-state index contributed by atoms with van der Waals surface area (Å²) in [6, 6.07) is 4.22. The molecule has 0 amide bonds. The summed E-state index contributed by atoms with van der Waals surface area (Å²) >= 11 is 0.